The Kier molecular flexibility index (Phi) is 2.73. The highest BCUT2D eigenvalue weighted by Gasteiger charge is 2.11. The molecule has 2 rings (SSSR count). The lowest BCUT2D eigenvalue weighted by Crippen LogP contribution is -2.04. The van der Waals surface area contributed by atoms with Crippen LogP contribution in [0.5, 0.6) is 0 Å². The first-order chi connectivity index (χ1) is 7.26. The van der Waals surface area contributed by atoms with E-state index in [1.54, 1.807) is 6.33 Å². The van der Waals surface area contributed by atoms with E-state index in [9.17, 15) is 0 Å². The van der Waals surface area contributed by atoms with Crippen LogP contribution in [0.3, 0.4) is 0 Å². The molecular formula is C9H12ClN5. The van der Waals surface area contributed by atoms with E-state index in [0.717, 1.165) is 24.4 Å². The third-order valence-electron chi connectivity index (χ3n) is 2.13. The summed E-state index contributed by atoms with van der Waals surface area (Å²) in [6.07, 6.45) is 1.75. The standard InChI is InChI=1S/C9H12ClN5/c1-3-11-7-6-8(14-9(10)13-7)12-5-15(6)4-2/h5H,3-4H2,1-2H3,(H,11,13,14). The fourth-order valence-corrected chi connectivity index (χ4v) is 1.65. The van der Waals surface area contributed by atoms with E-state index in [1.807, 2.05) is 18.4 Å². The minimum Gasteiger partial charge on any atom is -0.368 e. The first kappa shape index (κ1) is 10.2. The Morgan fingerprint density at radius 1 is 1.40 bits per heavy atom. The molecular weight excluding hydrogens is 214 g/mol. The van der Waals surface area contributed by atoms with Crippen LogP contribution in [0.15, 0.2) is 6.33 Å². The number of anilines is 1. The molecule has 6 heteroatoms. The topological polar surface area (TPSA) is 55.6 Å². The van der Waals surface area contributed by atoms with Gasteiger partial charge in [-0.1, -0.05) is 0 Å². The second-order valence-electron chi connectivity index (χ2n) is 3.07. The molecule has 0 aromatic carbocycles. The molecule has 0 saturated carbocycles. The molecule has 0 spiro atoms. The largest absolute Gasteiger partial charge is 0.368 e. The molecule has 80 valence electrons. The van der Waals surface area contributed by atoms with Crippen LogP contribution in [0, 0.1) is 0 Å². The Labute approximate surface area is 92.5 Å². The Morgan fingerprint density at radius 3 is 2.87 bits per heavy atom. The van der Waals surface area contributed by atoms with E-state index >= 15 is 0 Å². The zero-order valence-electron chi connectivity index (χ0n) is 8.66. The second kappa shape index (κ2) is 4.02. The summed E-state index contributed by atoms with van der Waals surface area (Å²) in [5.74, 6) is 0.742. The monoisotopic (exact) mass is 225 g/mol. The van der Waals surface area contributed by atoms with Crippen LogP contribution in [0.4, 0.5) is 5.82 Å². The number of nitrogens with one attached hydrogen (secondary N) is 1. The number of hydrogen-bond acceptors (Lipinski definition) is 4. The summed E-state index contributed by atoms with van der Waals surface area (Å²) in [5, 5.41) is 3.38. The number of halogens is 1. The van der Waals surface area contributed by atoms with Crippen molar-refractivity contribution in [3.63, 3.8) is 0 Å². The van der Waals surface area contributed by atoms with Gasteiger partial charge >= 0.3 is 0 Å². The summed E-state index contributed by atoms with van der Waals surface area (Å²) < 4.78 is 1.99. The Bertz CT molecular complexity index is 479. The molecule has 0 radical (unpaired) electrons. The molecule has 2 heterocycles. The van der Waals surface area contributed by atoms with Gasteiger partial charge in [-0.25, -0.2) is 4.98 Å². The molecule has 0 unspecified atom stereocenters. The van der Waals surface area contributed by atoms with Crippen molar-refractivity contribution in [2.24, 2.45) is 0 Å². The highest BCUT2D eigenvalue weighted by Crippen LogP contribution is 2.21. The van der Waals surface area contributed by atoms with Gasteiger partial charge < -0.3 is 9.88 Å². The van der Waals surface area contributed by atoms with Crippen LogP contribution in [-0.4, -0.2) is 26.1 Å². The van der Waals surface area contributed by atoms with Crippen LogP contribution in [0.2, 0.25) is 5.28 Å². The maximum absolute atomic E-state index is 5.80. The van der Waals surface area contributed by atoms with Crippen LogP contribution >= 0.6 is 11.6 Å². The van der Waals surface area contributed by atoms with Gasteiger partial charge in [-0.3, -0.25) is 0 Å². The fourth-order valence-electron chi connectivity index (χ4n) is 1.48. The molecule has 0 aliphatic carbocycles. The molecule has 15 heavy (non-hydrogen) atoms. The average molecular weight is 226 g/mol. The Morgan fingerprint density at radius 2 is 2.20 bits per heavy atom. The molecule has 2 aromatic heterocycles. The molecule has 0 amide bonds. The maximum atomic E-state index is 5.80. The molecule has 1 N–H and O–H groups in total. The molecule has 0 aliphatic heterocycles. The normalized spacial score (nSPS) is 10.9. The number of nitrogens with zero attached hydrogens (tertiary/aromatic N) is 4. The van der Waals surface area contributed by atoms with E-state index in [0.29, 0.717) is 5.65 Å². The zero-order valence-corrected chi connectivity index (χ0v) is 9.41. The number of hydrogen-bond donors (Lipinski definition) is 1. The SMILES string of the molecule is CCNc1nc(Cl)nc2ncn(CC)c12. The molecule has 5 nitrogen and oxygen atoms in total. The van der Waals surface area contributed by atoms with Gasteiger partial charge in [-0.05, 0) is 25.4 Å². The lowest BCUT2D eigenvalue weighted by molar-refractivity contribution is 0.786. The molecule has 0 aliphatic rings. The smallest absolute Gasteiger partial charge is 0.226 e. The van der Waals surface area contributed by atoms with Gasteiger partial charge in [0.1, 0.15) is 5.52 Å². The van der Waals surface area contributed by atoms with Gasteiger partial charge in [0, 0.05) is 13.1 Å². The van der Waals surface area contributed by atoms with Crippen LogP contribution in [0.25, 0.3) is 11.2 Å². The summed E-state index contributed by atoms with van der Waals surface area (Å²) >= 11 is 5.80. The van der Waals surface area contributed by atoms with Crippen molar-refractivity contribution in [3.8, 4) is 0 Å². The van der Waals surface area contributed by atoms with Gasteiger partial charge in [0.2, 0.25) is 5.28 Å². The van der Waals surface area contributed by atoms with Gasteiger partial charge in [0.05, 0.1) is 6.33 Å². The van der Waals surface area contributed by atoms with Crippen molar-refractivity contribution >= 4 is 28.6 Å². The minimum atomic E-state index is 0.222. The van der Waals surface area contributed by atoms with Crippen molar-refractivity contribution in [2.75, 3.05) is 11.9 Å². The summed E-state index contributed by atoms with van der Waals surface area (Å²) in [6, 6.07) is 0. The summed E-state index contributed by atoms with van der Waals surface area (Å²) in [4.78, 5) is 12.4. The average Bonchev–Trinajstić information content (AvgIpc) is 2.61. The third-order valence-corrected chi connectivity index (χ3v) is 2.30. The van der Waals surface area contributed by atoms with E-state index in [2.05, 4.69) is 20.3 Å². The van der Waals surface area contributed by atoms with E-state index < -0.39 is 0 Å². The van der Waals surface area contributed by atoms with Crippen LogP contribution in [-0.2, 0) is 6.54 Å². The van der Waals surface area contributed by atoms with Crippen molar-refractivity contribution in [1.82, 2.24) is 19.5 Å². The molecule has 0 atom stereocenters. The Balaban J connectivity index is 2.67. The first-order valence-electron chi connectivity index (χ1n) is 4.88. The lowest BCUT2D eigenvalue weighted by Gasteiger charge is -2.06. The summed E-state index contributed by atoms with van der Waals surface area (Å²) in [5.41, 5.74) is 1.54. The summed E-state index contributed by atoms with van der Waals surface area (Å²) in [7, 11) is 0. The van der Waals surface area contributed by atoms with Crippen molar-refractivity contribution in [1.29, 1.82) is 0 Å². The van der Waals surface area contributed by atoms with Crippen molar-refractivity contribution < 1.29 is 0 Å². The van der Waals surface area contributed by atoms with Crippen LogP contribution < -0.4 is 5.32 Å². The number of aryl methyl sites for hydroxylation is 1. The maximum Gasteiger partial charge on any atom is 0.226 e. The number of imidazole rings is 1. The predicted molar refractivity (Wildman–Crippen MR) is 60.2 cm³/mol. The molecule has 0 saturated heterocycles. The quantitative estimate of drug-likeness (QED) is 0.811. The summed E-state index contributed by atoms with van der Waals surface area (Å²) in [6.45, 7) is 5.68. The van der Waals surface area contributed by atoms with E-state index in [4.69, 9.17) is 11.6 Å². The second-order valence-corrected chi connectivity index (χ2v) is 3.41. The molecule has 0 fully saturated rings. The predicted octanol–water partition coefficient (Wildman–Crippen LogP) is 1.93. The fraction of sp³-hybridized carbons (Fsp3) is 0.444. The number of fused-ring (bicyclic) bond motifs is 1. The highest BCUT2D eigenvalue weighted by atomic mass is 35.5. The minimum absolute atomic E-state index is 0.222. The Hall–Kier alpha value is -1.36. The zero-order chi connectivity index (χ0) is 10.8. The lowest BCUT2D eigenvalue weighted by atomic mass is 10.4. The number of aromatic nitrogens is 4. The molecule has 0 bridgehead atoms. The number of rotatable bonds is 3. The highest BCUT2D eigenvalue weighted by molar-refractivity contribution is 6.28. The van der Waals surface area contributed by atoms with Crippen LogP contribution in [0.1, 0.15) is 13.8 Å². The molecule has 2 aromatic rings. The van der Waals surface area contributed by atoms with Gasteiger partial charge in [0.25, 0.3) is 0 Å². The van der Waals surface area contributed by atoms with Gasteiger partial charge in [-0.2, -0.15) is 9.97 Å². The van der Waals surface area contributed by atoms with Gasteiger partial charge in [0.15, 0.2) is 11.5 Å². The van der Waals surface area contributed by atoms with Gasteiger partial charge in [-0.15, -0.1) is 0 Å². The van der Waals surface area contributed by atoms with E-state index in [1.165, 1.54) is 0 Å². The van der Waals surface area contributed by atoms with Crippen molar-refractivity contribution in [3.05, 3.63) is 11.6 Å². The first-order valence-corrected chi connectivity index (χ1v) is 5.26. The third kappa shape index (κ3) is 1.74. The van der Waals surface area contributed by atoms with E-state index in [-0.39, 0.29) is 5.28 Å². The van der Waals surface area contributed by atoms with Crippen molar-refractivity contribution in [2.45, 2.75) is 20.4 Å².